The largest absolute Gasteiger partial charge is 0.285 e. The average molecular weight is 268 g/mol. The van der Waals surface area contributed by atoms with E-state index in [1.807, 2.05) is 30.3 Å². The second-order valence-electron chi connectivity index (χ2n) is 3.89. The third-order valence-corrected chi connectivity index (χ3v) is 3.21. The topological polar surface area (TPSA) is 87.0 Å². The Morgan fingerprint density at radius 1 is 1.28 bits per heavy atom. The molecule has 0 fully saturated rings. The van der Waals surface area contributed by atoms with E-state index in [0.717, 1.165) is 10.6 Å². The summed E-state index contributed by atoms with van der Waals surface area (Å²) in [5.41, 5.74) is 1.44. The van der Waals surface area contributed by atoms with E-state index in [1.165, 1.54) is 0 Å². The average Bonchev–Trinajstić information content (AvgIpc) is 2.68. The fraction of sp³-hybridized carbons (Fsp3) is 0.273. The second kappa shape index (κ2) is 4.87. The predicted molar refractivity (Wildman–Crippen MR) is 65.7 cm³/mol. The molecule has 0 atom stereocenters. The molecule has 0 spiro atoms. The van der Waals surface area contributed by atoms with Crippen LogP contribution in [-0.4, -0.2) is 41.9 Å². The third kappa shape index (κ3) is 3.14. The van der Waals surface area contributed by atoms with Gasteiger partial charge in [0.1, 0.15) is 0 Å². The van der Waals surface area contributed by atoms with Gasteiger partial charge in [-0.1, -0.05) is 30.3 Å². The zero-order valence-electron chi connectivity index (χ0n) is 9.48. The summed E-state index contributed by atoms with van der Waals surface area (Å²) in [7, 11) is -4.08. The number of carbonyl (C=O) groups excluding carboxylic acids is 1. The summed E-state index contributed by atoms with van der Waals surface area (Å²) in [4.78, 5) is 11.6. The summed E-state index contributed by atoms with van der Waals surface area (Å²) >= 11 is 0. The van der Waals surface area contributed by atoms with Gasteiger partial charge in [0.25, 0.3) is 10.1 Å². The number of hydrogen-bond acceptors (Lipinski definition) is 4. The van der Waals surface area contributed by atoms with Crippen LogP contribution in [0.25, 0.3) is 0 Å². The number of hydrazone groups is 1. The molecule has 0 aliphatic carbocycles. The van der Waals surface area contributed by atoms with Gasteiger partial charge in [-0.2, -0.15) is 13.5 Å². The first-order chi connectivity index (χ1) is 8.46. The molecular weight excluding hydrogens is 256 g/mol. The van der Waals surface area contributed by atoms with Gasteiger partial charge in [0.2, 0.25) is 5.91 Å². The summed E-state index contributed by atoms with van der Waals surface area (Å²) in [6, 6.07) is 9.19. The lowest BCUT2D eigenvalue weighted by atomic mass is 10.1. The third-order valence-electron chi connectivity index (χ3n) is 2.52. The lowest BCUT2D eigenvalue weighted by molar-refractivity contribution is -0.128. The van der Waals surface area contributed by atoms with Crippen molar-refractivity contribution in [3.63, 3.8) is 0 Å². The van der Waals surface area contributed by atoms with Crippen molar-refractivity contribution in [1.82, 2.24) is 5.01 Å². The summed E-state index contributed by atoms with van der Waals surface area (Å²) < 4.78 is 29.9. The van der Waals surface area contributed by atoms with E-state index >= 15 is 0 Å². The van der Waals surface area contributed by atoms with Crippen LogP contribution in [0.4, 0.5) is 0 Å². The fourth-order valence-electron chi connectivity index (χ4n) is 1.64. The van der Waals surface area contributed by atoms with Gasteiger partial charge >= 0.3 is 0 Å². The van der Waals surface area contributed by atoms with Crippen LogP contribution in [0.3, 0.4) is 0 Å². The van der Waals surface area contributed by atoms with Crippen LogP contribution in [0.5, 0.6) is 0 Å². The molecule has 7 heteroatoms. The summed E-state index contributed by atoms with van der Waals surface area (Å²) in [6.07, 6.45) is 0.148. The Hall–Kier alpha value is -1.73. The molecule has 0 radical (unpaired) electrons. The van der Waals surface area contributed by atoms with Crippen LogP contribution >= 0.6 is 0 Å². The summed E-state index contributed by atoms with van der Waals surface area (Å²) in [5.74, 6) is -0.776. The van der Waals surface area contributed by atoms with Crippen molar-refractivity contribution >= 4 is 21.7 Å². The van der Waals surface area contributed by atoms with E-state index in [1.54, 1.807) is 0 Å². The fourth-order valence-corrected chi connectivity index (χ4v) is 2.04. The Labute approximate surface area is 105 Å². The van der Waals surface area contributed by atoms with Crippen molar-refractivity contribution in [3.05, 3.63) is 35.9 Å². The van der Waals surface area contributed by atoms with Gasteiger partial charge in [0, 0.05) is 0 Å². The molecule has 1 aromatic rings. The van der Waals surface area contributed by atoms with Crippen molar-refractivity contribution in [2.45, 2.75) is 6.42 Å². The molecule has 0 unspecified atom stereocenters. The van der Waals surface area contributed by atoms with E-state index in [4.69, 9.17) is 4.55 Å². The Kier molecular flexibility index (Phi) is 3.44. The minimum absolute atomic E-state index is 0.131. The standard InChI is InChI=1S/C11H12N2O4S/c14-11-8-10(9-4-2-1-3-5-9)12-13(11)6-7-18(15,16)17/h1-5H,6-8H2,(H,15,16,17). The van der Waals surface area contributed by atoms with Gasteiger partial charge < -0.3 is 0 Å². The highest BCUT2D eigenvalue weighted by molar-refractivity contribution is 7.85. The van der Waals surface area contributed by atoms with Gasteiger partial charge in [-0.3, -0.25) is 9.35 Å². The predicted octanol–water partition coefficient (Wildman–Crippen LogP) is 0.511. The normalized spacial score (nSPS) is 15.9. The smallest absolute Gasteiger partial charge is 0.266 e. The number of nitrogens with zero attached hydrogens (tertiary/aromatic N) is 2. The molecule has 1 heterocycles. The lowest BCUT2D eigenvalue weighted by Gasteiger charge is -2.09. The van der Waals surface area contributed by atoms with Crippen LogP contribution in [0.15, 0.2) is 35.4 Å². The van der Waals surface area contributed by atoms with Crippen molar-refractivity contribution in [3.8, 4) is 0 Å². The Balaban J connectivity index is 2.10. The van der Waals surface area contributed by atoms with E-state index in [2.05, 4.69) is 5.10 Å². The molecule has 0 saturated carbocycles. The van der Waals surface area contributed by atoms with Gasteiger partial charge in [0.15, 0.2) is 0 Å². The van der Waals surface area contributed by atoms with Gasteiger partial charge in [-0.25, -0.2) is 5.01 Å². The number of rotatable bonds is 4. The molecule has 1 aromatic carbocycles. The van der Waals surface area contributed by atoms with Crippen LogP contribution in [0.1, 0.15) is 12.0 Å². The Bertz CT molecular complexity index is 580. The molecule has 2 rings (SSSR count). The number of carbonyl (C=O) groups is 1. The molecular formula is C11H12N2O4S. The number of benzene rings is 1. The molecule has 0 saturated heterocycles. The first-order valence-corrected chi connectivity index (χ1v) is 6.95. The first-order valence-electron chi connectivity index (χ1n) is 5.34. The van der Waals surface area contributed by atoms with Crippen LogP contribution in [0, 0.1) is 0 Å². The highest BCUT2D eigenvalue weighted by Gasteiger charge is 2.25. The number of amides is 1. The Morgan fingerprint density at radius 2 is 1.94 bits per heavy atom. The highest BCUT2D eigenvalue weighted by atomic mass is 32.2. The molecule has 1 amide bonds. The van der Waals surface area contributed by atoms with Crippen molar-refractivity contribution < 1.29 is 17.8 Å². The molecule has 0 bridgehead atoms. The molecule has 1 N–H and O–H groups in total. The SMILES string of the molecule is O=C1CC(c2ccccc2)=NN1CCS(=O)(=O)O. The molecule has 1 aliphatic heterocycles. The van der Waals surface area contributed by atoms with Gasteiger partial charge in [-0.05, 0) is 5.56 Å². The minimum atomic E-state index is -4.08. The van der Waals surface area contributed by atoms with Gasteiger partial charge in [-0.15, -0.1) is 0 Å². The Morgan fingerprint density at radius 3 is 2.56 bits per heavy atom. The minimum Gasteiger partial charge on any atom is -0.285 e. The van der Waals surface area contributed by atoms with E-state index in [-0.39, 0.29) is 18.9 Å². The molecule has 6 nitrogen and oxygen atoms in total. The number of hydrogen-bond donors (Lipinski definition) is 1. The molecule has 96 valence electrons. The summed E-state index contributed by atoms with van der Waals surface area (Å²) in [6.45, 7) is -0.131. The van der Waals surface area contributed by atoms with Crippen molar-refractivity contribution in [2.75, 3.05) is 12.3 Å². The zero-order valence-corrected chi connectivity index (χ0v) is 10.3. The molecule has 1 aliphatic rings. The second-order valence-corrected chi connectivity index (χ2v) is 5.46. The molecule has 18 heavy (non-hydrogen) atoms. The van der Waals surface area contributed by atoms with Crippen LogP contribution < -0.4 is 0 Å². The first kappa shape index (κ1) is 12.7. The maximum atomic E-state index is 11.6. The van der Waals surface area contributed by atoms with E-state index < -0.39 is 15.9 Å². The maximum Gasteiger partial charge on any atom is 0.266 e. The van der Waals surface area contributed by atoms with Crippen LogP contribution in [-0.2, 0) is 14.9 Å². The van der Waals surface area contributed by atoms with Crippen LogP contribution in [0.2, 0.25) is 0 Å². The monoisotopic (exact) mass is 268 g/mol. The van der Waals surface area contributed by atoms with Crippen molar-refractivity contribution in [2.24, 2.45) is 5.10 Å². The lowest BCUT2D eigenvalue weighted by Crippen LogP contribution is -2.26. The van der Waals surface area contributed by atoms with Gasteiger partial charge in [0.05, 0.1) is 24.4 Å². The zero-order chi connectivity index (χ0) is 13.2. The quantitative estimate of drug-likeness (QED) is 0.806. The summed E-state index contributed by atoms with van der Waals surface area (Å²) in [5, 5.41) is 5.15. The maximum absolute atomic E-state index is 11.6. The highest BCUT2D eigenvalue weighted by Crippen LogP contribution is 2.14. The van der Waals surface area contributed by atoms with E-state index in [9.17, 15) is 13.2 Å². The van der Waals surface area contributed by atoms with E-state index in [0.29, 0.717) is 5.71 Å². The molecule has 0 aromatic heterocycles. The van der Waals surface area contributed by atoms with Crippen molar-refractivity contribution in [1.29, 1.82) is 0 Å².